The number of hydrogen-bond acceptors (Lipinski definition) is 11. The van der Waals surface area contributed by atoms with E-state index in [-0.39, 0.29) is 37.6 Å². The van der Waals surface area contributed by atoms with Crippen molar-refractivity contribution in [2.75, 3.05) is 38.2 Å². The number of nitrogens with zero attached hydrogens (tertiary/aromatic N) is 7. The Labute approximate surface area is 364 Å². The fourth-order valence-electron chi connectivity index (χ4n) is 7.48. The molecule has 0 saturated carbocycles. The van der Waals surface area contributed by atoms with E-state index in [1.165, 1.54) is 0 Å². The van der Waals surface area contributed by atoms with Crippen LogP contribution in [0.2, 0.25) is 51.4 Å². The van der Waals surface area contributed by atoms with E-state index in [1.54, 1.807) is 12.4 Å². The van der Waals surface area contributed by atoms with Gasteiger partial charge < -0.3 is 33.3 Å². The van der Waals surface area contributed by atoms with E-state index in [0.717, 1.165) is 66.0 Å². The predicted molar refractivity (Wildman–Crippen MR) is 250 cm³/mol. The van der Waals surface area contributed by atoms with Gasteiger partial charge in [-0.2, -0.15) is 9.61 Å². The molecule has 2 saturated heterocycles. The zero-order chi connectivity index (χ0) is 44.2. The third-order valence-electron chi connectivity index (χ3n) is 10.7. The van der Waals surface area contributed by atoms with Crippen LogP contribution in [-0.2, 0) is 30.3 Å². The van der Waals surface area contributed by atoms with Gasteiger partial charge in [0.25, 0.3) is 0 Å². The van der Waals surface area contributed by atoms with Crippen molar-refractivity contribution >= 4 is 57.0 Å². The summed E-state index contributed by atoms with van der Waals surface area (Å²) in [5.74, 6) is 1.23. The van der Waals surface area contributed by atoms with Gasteiger partial charge in [-0.15, -0.1) is 0 Å². The maximum Gasteiger partial charge on any atom is 0.410 e. The van der Waals surface area contributed by atoms with Crippen LogP contribution in [0.3, 0.4) is 0 Å². The molecule has 5 rings (SSSR count). The fraction of sp³-hybridized carbons (Fsp3) is 0.659. The molecule has 13 nitrogen and oxygen atoms in total. The molecule has 3 atom stereocenters. The quantitative estimate of drug-likeness (QED) is 0.0303. The Morgan fingerprint density at radius 2 is 1.58 bits per heavy atom. The molecule has 60 heavy (non-hydrogen) atoms. The van der Waals surface area contributed by atoms with Crippen LogP contribution in [0.25, 0.3) is 22.5 Å². The van der Waals surface area contributed by atoms with Crippen molar-refractivity contribution in [3.05, 3.63) is 48.1 Å². The molecular weight excluding hydrogens is 811 g/mol. The van der Waals surface area contributed by atoms with Crippen molar-refractivity contribution in [2.24, 2.45) is 4.40 Å². The Balaban J connectivity index is 1.66. The lowest BCUT2D eigenvalue weighted by molar-refractivity contribution is 0.00566. The number of carbonyl (C=O) groups is 1. The zero-order valence-corrected chi connectivity index (χ0v) is 41.4. The van der Waals surface area contributed by atoms with Crippen LogP contribution < -0.4 is 4.90 Å². The van der Waals surface area contributed by atoms with Crippen molar-refractivity contribution < 1.29 is 28.3 Å². The molecule has 0 aromatic carbocycles. The first-order valence-electron chi connectivity index (χ1n) is 21.5. The van der Waals surface area contributed by atoms with Gasteiger partial charge in [0, 0.05) is 64.7 Å². The lowest BCUT2D eigenvalue weighted by Gasteiger charge is -2.40. The second-order valence-electron chi connectivity index (χ2n) is 20.6. The molecular formula is C44H71N7O6SSi2. The first-order chi connectivity index (χ1) is 28.0. The number of pyridine rings is 1. The standard InChI is InChI=1S/C44H71N7O6SSi2/c1-15-56-31(2)38-39(33-24-35-18-19-36(25-33)50(35)42(52)57-43(3,4)5)48-40-37(32-16-17-34(45-26-32)27-47-58(53)44(6,7)8)28-46-51(40)41(38)49(29-54-20-22-59(9,10)11)30-55-21-23-60(12,13)14/h16-17,26-28,33,35-36H,2,15,18-25,29-30H2,1,3-14H3. The number of rotatable bonds is 18. The van der Waals surface area contributed by atoms with Crippen LogP contribution in [-0.4, -0.2) is 113 Å². The number of anilines is 1. The first kappa shape index (κ1) is 47.8. The van der Waals surface area contributed by atoms with E-state index < -0.39 is 37.9 Å². The highest BCUT2D eigenvalue weighted by Gasteiger charge is 2.47. The van der Waals surface area contributed by atoms with E-state index in [2.05, 4.69) is 60.1 Å². The average molecular weight is 882 g/mol. The van der Waals surface area contributed by atoms with E-state index in [1.807, 2.05) is 76.2 Å². The molecule has 16 heteroatoms. The molecule has 0 radical (unpaired) electrons. The zero-order valence-electron chi connectivity index (χ0n) is 38.6. The van der Waals surface area contributed by atoms with Crippen LogP contribution >= 0.6 is 0 Å². The maximum atomic E-state index is 13.6. The molecule has 2 bridgehead atoms. The Morgan fingerprint density at radius 1 is 0.983 bits per heavy atom. The van der Waals surface area contributed by atoms with Gasteiger partial charge in [0.1, 0.15) is 53.0 Å². The Bertz CT molecular complexity index is 1930. The molecule has 2 aliphatic heterocycles. The van der Waals surface area contributed by atoms with Gasteiger partial charge in [-0.1, -0.05) is 56.3 Å². The maximum absolute atomic E-state index is 13.6. The monoisotopic (exact) mass is 881 g/mol. The Kier molecular flexibility index (Phi) is 15.4. The number of hydrogen-bond donors (Lipinski definition) is 0. The summed E-state index contributed by atoms with van der Waals surface area (Å²) in [7, 11) is -2.73. The number of piperidine rings is 1. The Hall–Kier alpha value is -3.29. The smallest absolute Gasteiger partial charge is 0.410 e. The SMILES string of the molecule is C=C(OCC)c1c(C2CC3CCC(C2)N3C(=O)OC(C)(C)C)nc2c(-c3ccc(C=N[S+]([O-])C(C)(C)C)nc3)cnn2c1N(COCC[Si](C)(C)C)COCC[Si](C)(C)C. The summed E-state index contributed by atoms with van der Waals surface area (Å²) >= 11 is -1.40. The van der Waals surface area contributed by atoms with Crippen LogP contribution in [0, 0.1) is 0 Å². The Morgan fingerprint density at radius 3 is 2.08 bits per heavy atom. The van der Waals surface area contributed by atoms with Crippen LogP contribution in [0.1, 0.15) is 97.0 Å². The molecule has 0 spiro atoms. The molecule has 5 heterocycles. The highest BCUT2D eigenvalue weighted by molar-refractivity contribution is 7.91. The third kappa shape index (κ3) is 12.6. The molecule has 332 valence electrons. The lowest BCUT2D eigenvalue weighted by atomic mass is 9.85. The molecule has 3 unspecified atom stereocenters. The summed E-state index contributed by atoms with van der Waals surface area (Å²) in [4.78, 5) is 27.8. The number of carbonyl (C=O) groups excluding carboxylic acids is 1. The van der Waals surface area contributed by atoms with E-state index in [9.17, 15) is 9.35 Å². The summed E-state index contributed by atoms with van der Waals surface area (Å²) in [6.07, 6.45) is 8.16. The highest BCUT2D eigenvalue weighted by atomic mass is 32.2. The molecule has 3 aromatic rings. The third-order valence-corrected chi connectivity index (χ3v) is 15.4. The normalized spacial score (nSPS) is 19.3. The van der Waals surface area contributed by atoms with E-state index in [4.69, 9.17) is 29.0 Å². The molecule has 0 N–H and O–H groups in total. The number of aromatic nitrogens is 4. The minimum Gasteiger partial charge on any atom is -0.591 e. The second kappa shape index (κ2) is 19.4. The topological polar surface area (TPSA) is 139 Å². The molecule has 2 fully saturated rings. The van der Waals surface area contributed by atoms with Gasteiger partial charge in [0.05, 0.1) is 29.8 Å². The molecule has 3 aromatic heterocycles. The number of fused-ring (bicyclic) bond motifs is 3. The van der Waals surface area contributed by atoms with Gasteiger partial charge in [0.2, 0.25) is 0 Å². The summed E-state index contributed by atoms with van der Waals surface area (Å²) in [6.45, 7) is 34.2. The van der Waals surface area contributed by atoms with Gasteiger partial charge in [-0.25, -0.2) is 9.78 Å². The summed E-state index contributed by atoms with van der Waals surface area (Å²) < 4.78 is 43.5. The van der Waals surface area contributed by atoms with Gasteiger partial charge in [-0.05, 0) is 92.3 Å². The van der Waals surface area contributed by atoms with E-state index in [0.29, 0.717) is 36.9 Å². The highest BCUT2D eigenvalue weighted by Crippen LogP contribution is 2.47. The van der Waals surface area contributed by atoms with Crippen molar-refractivity contribution in [3.8, 4) is 11.1 Å². The van der Waals surface area contributed by atoms with Crippen LogP contribution in [0.5, 0.6) is 0 Å². The van der Waals surface area contributed by atoms with Crippen LogP contribution in [0.4, 0.5) is 10.6 Å². The predicted octanol–water partition coefficient (Wildman–Crippen LogP) is 9.76. The number of amides is 1. The first-order valence-corrected chi connectivity index (χ1v) is 30.1. The van der Waals surface area contributed by atoms with Gasteiger partial charge in [-0.3, -0.25) is 4.98 Å². The van der Waals surface area contributed by atoms with Gasteiger partial charge in [0.15, 0.2) is 5.65 Å². The fourth-order valence-corrected chi connectivity index (χ4v) is 9.51. The molecule has 0 aliphatic carbocycles. The van der Waals surface area contributed by atoms with Crippen molar-refractivity contribution in [2.45, 2.75) is 154 Å². The average Bonchev–Trinajstić information content (AvgIpc) is 3.68. The van der Waals surface area contributed by atoms with Gasteiger partial charge >= 0.3 is 6.09 Å². The molecule has 2 aliphatic rings. The van der Waals surface area contributed by atoms with Crippen molar-refractivity contribution in [3.63, 3.8) is 0 Å². The summed E-state index contributed by atoms with van der Waals surface area (Å²) in [5.41, 5.74) is 3.92. The largest absolute Gasteiger partial charge is 0.591 e. The second-order valence-corrected chi connectivity index (χ2v) is 33.8. The van der Waals surface area contributed by atoms with Crippen molar-refractivity contribution in [1.82, 2.24) is 24.5 Å². The van der Waals surface area contributed by atoms with Crippen molar-refractivity contribution in [1.29, 1.82) is 0 Å². The molecule has 1 amide bonds. The lowest BCUT2D eigenvalue weighted by Crippen LogP contribution is -2.48. The summed E-state index contributed by atoms with van der Waals surface area (Å²) in [6, 6.07) is 5.91. The van der Waals surface area contributed by atoms with Crippen LogP contribution in [0.15, 0.2) is 35.5 Å². The van der Waals surface area contributed by atoms with E-state index >= 15 is 0 Å². The minimum absolute atomic E-state index is 0.0113. The minimum atomic E-state index is -1.40. The summed E-state index contributed by atoms with van der Waals surface area (Å²) in [5, 5.41) is 5.02. The number of ether oxygens (including phenoxy) is 4.